The van der Waals surface area contributed by atoms with E-state index in [4.69, 9.17) is 9.84 Å². The van der Waals surface area contributed by atoms with Crippen molar-refractivity contribution >= 4 is 5.78 Å². The summed E-state index contributed by atoms with van der Waals surface area (Å²) in [6.45, 7) is -0.171. The minimum atomic E-state index is -1.26. The van der Waals surface area contributed by atoms with E-state index in [9.17, 15) is 15.0 Å². The number of hydrogen-bond acceptors (Lipinski definition) is 5. The van der Waals surface area contributed by atoms with Crippen molar-refractivity contribution < 1.29 is 24.9 Å². The summed E-state index contributed by atoms with van der Waals surface area (Å²) >= 11 is 0. The third-order valence-corrected chi connectivity index (χ3v) is 2.78. The molecular weight excluding hydrogens is 224 g/mol. The average molecular weight is 238 g/mol. The minimum Gasteiger partial charge on any atom is -0.492 e. The van der Waals surface area contributed by atoms with Crippen molar-refractivity contribution in [1.82, 2.24) is 0 Å². The zero-order chi connectivity index (χ0) is 12.4. The van der Waals surface area contributed by atoms with E-state index in [0.29, 0.717) is 29.9 Å². The molecule has 5 heteroatoms. The SMILES string of the molecule is O=C1CCOc2ccc(C(O)C(O)CO)cc21. The van der Waals surface area contributed by atoms with Gasteiger partial charge in [0.05, 0.1) is 18.8 Å². The zero-order valence-corrected chi connectivity index (χ0v) is 9.17. The first kappa shape index (κ1) is 12.0. The van der Waals surface area contributed by atoms with Gasteiger partial charge in [0.15, 0.2) is 5.78 Å². The quantitative estimate of drug-likeness (QED) is 0.692. The Bertz CT molecular complexity index is 429. The molecule has 0 amide bonds. The van der Waals surface area contributed by atoms with Crippen molar-refractivity contribution in [3.05, 3.63) is 29.3 Å². The zero-order valence-electron chi connectivity index (χ0n) is 9.17. The molecule has 92 valence electrons. The summed E-state index contributed by atoms with van der Waals surface area (Å²) in [5.74, 6) is 0.453. The first-order valence-electron chi connectivity index (χ1n) is 5.40. The molecule has 0 spiro atoms. The summed E-state index contributed by atoms with van der Waals surface area (Å²) in [7, 11) is 0. The predicted octanol–water partition coefficient (Wildman–Crippen LogP) is 0.0384. The van der Waals surface area contributed by atoms with E-state index in [0.717, 1.165) is 0 Å². The van der Waals surface area contributed by atoms with Gasteiger partial charge in [0.2, 0.25) is 0 Å². The highest BCUT2D eigenvalue weighted by Crippen LogP contribution is 2.28. The summed E-state index contributed by atoms with van der Waals surface area (Å²) in [6.07, 6.45) is -2.15. The highest BCUT2D eigenvalue weighted by molar-refractivity contribution is 5.99. The number of rotatable bonds is 3. The van der Waals surface area contributed by atoms with Crippen LogP contribution in [-0.4, -0.2) is 40.4 Å². The summed E-state index contributed by atoms with van der Waals surface area (Å²) in [6, 6.07) is 4.66. The van der Waals surface area contributed by atoms with Crippen LogP contribution in [0.5, 0.6) is 5.75 Å². The molecule has 1 aromatic carbocycles. The van der Waals surface area contributed by atoms with Crippen LogP contribution in [0.2, 0.25) is 0 Å². The molecule has 0 saturated carbocycles. The van der Waals surface area contributed by atoms with Crippen LogP contribution in [0.15, 0.2) is 18.2 Å². The molecule has 0 radical (unpaired) electrons. The largest absolute Gasteiger partial charge is 0.492 e. The van der Waals surface area contributed by atoms with Crippen LogP contribution in [0.25, 0.3) is 0 Å². The van der Waals surface area contributed by atoms with Crippen LogP contribution >= 0.6 is 0 Å². The number of fused-ring (bicyclic) bond motifs is 1. The van der Waals surface area contributed by atoms with Crippen LogP contribution in [0.4, 0.5) is 0 Å². The molecule has 0 saturated heterocycles. The summed E-state index contributed by atoms with van der Waals surface area (Å²) in [4.78, 5) is 11.6. The van der Waals surface area contributed by atoms with Gasteiger partial charge >= 0.3 is 0 Å². The second-order valence-electron chi connectivity index (χ2n) is 3.97. The van der Waals surface area contributed by atoms with Crippen molar-refractivity contribution in [3.8, 4) is 5.75 Å². The van der Waals surface area contributed by atoms with Gasteiger partial charge in [0, 0.05) is 6.42 Å². The molecule has 0 bridgehead atoms. The third kappa shape index (κ3) is 2.31. The number of aliphatic hydroxyl groups is 3. The van der Waals surface area contributed by atoms with Gasteiger partial charge in [-0.3, -0.25) is 4.79 Å². The van der Waals surface area contributed by atoms with Crippen LogP contribution < -0.4 is 4.74 Å². The standard InChI is InChI=1S/C12H14O5/c13-6-10(15)12(16)7-1-2-11-8(5-7)9(14)3-4-17-11/h1-2,5,10,12-13,15-16H,3-4,6H2. The Morgan fingerprint density at radius 2 is 2.12 bits per heavy atom. The number of carbonyl (C=O) groups is 1. The number of Topliss-reactive ketones (excluding diaryl/α,β-unsaturated/α-hetero) is 1. The number of aliphatic hydroxyl groups excluding tert-OH is 3. The molecule has 3 N–H and O–H groups in total. The highest BCUT2D eigenvalue weighted by Gasteiger charge is 2.23. The average Bonchev–Trinajstić information content (AvgIpc) is 2.37. The van der Waals surface area contributed by atoms with Crippen molar-refractivity contribution in [2.24, 2.45) is 0 Å². The maximum atomic E-state index is 11.6. The highest BCUT2D eigenvalue weighted by atomic mass is 16.5. The minimum absolute atomic E-state index is 0.0428. The van der Waals surface area contributed by atoms with Gasteiger partial charge in [0.1, 0.15) is 18.0 Å². The van der Waals surface area contributed by atoms with E-state index in [1.54, 1.807) is 12.1 Å². The number of carbonyl (C=O) groups excluding carboxylic acids is 1. The Morgan fingerprint density at radius 3 is 2.82 bits per heavy atom. The second-order valence-corrected chi connectivity index (χ2v) is 3.97. The molecule has 0 aliphatic carbocycles. The molecule has 1 aromatic rings. The third-order valence-electron chi connectivity index (χ3n) is 2.78. The Hall–Kier alpha value is -1.43. The van der Waals surface area contributed by atoms with Crippen LogP contribution in [0, 0.1) is 0 Å². The molecule has 2 atom stereocenters. The van der Waals surface area contributed by atoms with Gasteiger partial charge in [-0.15, -0.1) is 0 Å². The molecular formula is C12H14O5. The van der Waals surface area contributed by atoms with Crippen molar-refractivity contribution in [1.29, 1.82) is 0 Å². The van der Waals surface area contributed by atoms with E-state index < -0.39 is 18.8 Å². The van der Waals surface area contributed by atoms with Crippen LogP contribution in [0.3, 0.4) is 0 Å². The van der Waals surface area contributed by atoms with Crippen LogP contribution in [-0.2, 0) is 0 Å². The van der Waals surface area contributed by atoms with Gasteiger partial charge in [-0.25, -0.2) is 0 Å². The number of ether oxygens (including phenoxy) is 1. The van der Waals surface area contributed by atoms with E-state index in [-0.39, 0.29) is 5.78 Å². The van der Waals surface area contributed by atoms with Gasteiger partial charge in [-0.05, 0) is 17.7 Å². The van der Waals surface area contributed by atoms with Crippen LogP contribution in [0.1, 0.15) is 28.4 Å². The van der Waals surface area contributed by atoms with Gasteiger partial charge in [0.25, 0.3) is 0 Å². The summed E-state index contributed by atoms with van der Waals surface area (Å²) < 4.78 is 5.30. The second kappa shape index (κ2) is 4.83. The Morgan fingerprint density at radius 1 is 1.35 bits per heavy atom. The molecule has 2 rings (SSSR count). The van der Waals surface area contributed by atoms with E-state index in [2.05, 4.69) is 0 Å². The van der Waals surface area contributed by atoms with Crippen molar-refractivity contribution in [3.63, 3.8) is 0 Å². The van der Waals surface area contributed by atoms with Crippen molar-refractivity contribution in [2.45, 2.75) is 18.6 Å². The summed E-state index contributed by atoms with van der Waals surface area (Å²) in [5.41, 5.74) is 0.807. The van der Waals surface area contributed by atoms with Gasteiger partial charge < -0.3 is 20.1 Å². The Labute approximate surface area is 98.3 Å². The van der Waals surface area contributed by atoms with E-state index >= 15 is 0 Å². The normalized spacial score (nSPS) is 18.2. The lowest BCUT2D eigenvalue weighted by molar-refractivity contribution is -0.0153. The Balaban J connectivity index is 2.32. The van der Waals surface area contributed by atoms with Gasteiger partial charge in [-0.1, -0.05) is 6.07 Å². The Kier molecular flexibility index (Phi) is 3.42. The number of hydrogen-bond donors (Lipinski definition) is 3. The molecule has 1 aliphatic rings. The fraction of sp³-hybridized carbons (Fsp3) is 0.417. The molecule has 1 heterocycles. The molecule has 0 aromatic heterocycles. The fourth-order valence-electron chi connectivity index (χ4n) is 1.79. The summed E-state index contributed by atoms with van der Waals surface area (Å²) in [5, 5.41) is 27.8. The first-order chi connectivity index (χ1) is 8.13. The molecule has 1 aliphatic heterocycles. The lowest BCUT2D eigenvalue weighted by atomic mass is 9.97. The van der Waals surface area contributed by atoms with E-state index in [1.807, 2.05) is 0 Å². The van der Waals surface area contributed by atoms with E-state index in [1.165, 1.54) is 6.07 Å². The first-order valence-corrected chi connectivity index (χ1v) is 5.40. The smallest absolute Gasteiger partial charge is 0.170 e. The molecule has 17 heavy (non-hydrogen) atoms. The molecule has 5 nitrogen and oxygen atoms in total. The fourth-order valence-corrected chi connectivity index (χ4v) is 1.79. The number of benzene rings is 1. The predicted molar refractivity (Wildman–Crippen MR) is 58.9 cm³/mol. The molecule has 0 fully saturated rings. The lowest BCUT2D eigenvalue weighted by Gasteiger charge is -2.20. The number of ketones is 1. The molecule has 2 unspecified atom stereocenters. The maximum Gasteiger partial charge on any atom is 0.170 e. The monoisotopic (exact) mass is 238 g/mol. The van der Waals surface area contributed by atoms with Crippen molar-refractivity contribution in [2.75, 3.05) is 13.2 Å². The lowest BCUT2D eigenvalue weighted by Crippen LogP contribution is -2.23. The topological polar surface area (TPSA) is 87.0 Å². The maximum absolute atomic E-state index is 11.6. The van der Waals surface area contributed by atoms with Gasteiger partial charge in [-0.2, -0.15) is 0 Å².